The van der Waals surface area contributed by atoms with Gasteiger partial charge < -0.3 is 0 Å². The fraction of sp³-hybridized carbons (Fsp3) is 0.789. The van der Waals surface area contributed by atoms with Gasteiger partial charge in [0.1, 0.15) is 11.6 Å². The Morgan fingerprint density at radius 3 is 2.48 bits per heavy atom. The number of fused-ring (bicyclic) bond motifs is 4. The van der Waals surface area contributed by atoms with Crippen molar-refractivity contribution in [3.63, 3.8) is 0 Å². The van der Waals surface area contributed by atoms with Gasteiger partial charge in [0.05, 0.1) is 0 Å². The highest BCUT2D eigenvalue weighted by molar-refractivity contribution is 5.88. The van der Waals surface area contributed by atoms with E-state index >= 15 is 0 Å². The molecule has 0 bridgehead atoms. The monoisotopic (exact) mass is 286 g/mol. The minimum absolute atomic E-state index is 0.0630. The van der Waals surface area contributed by atoms with Crippen LogP contribution in [0.5, 0.6) is 0 Å². The molecule has 4 rings (SSSR count). The van der Waals surface area contributed by atoms with Gasteiger partial charge in [-0.3, -0.25) is 9.59 Å². The maximum atomic E-state index is 12.3. The molecule has 0 radical (unpaired) electrons. The Bertz CT molecular complexity index is 558. The molecule has 0 heterocycles. The summed E-state index contributed by atoms with van der Waals surface area (Å²) in [5.74, 6) is 2.06. The van der Waals surface area contributed by atoms with Crippen LogP contribution in [0, 0.1) is 22.7 Å². The second kappa shape index (κ2) is 4.30. The first kappa shape index (κ1) is 13.7. The number of allylic oxidation sites excluding steroid dienone is 2. The van der Waals surface area contributed by atoms with E-state index in [1.807, 2.05) is 0 Å². The van der Waals surface area contributed by atoms with Gasteiger partial charge in [0.2, 0.25) is 0 Å². The Morgan fingerprint density at radius 2 is 1.67 bits per heavy atom. The third-order valence-corrected chi connectivity index (χ3v) is 7.52. The van der Waals surface area contributed by atoms with Crippen molar-refractivity contribution in [1.82, 2.24) is 0 Å². The average Bonchev–Trinajstić information content (AvgIpc) is 2.76. The second-order valence-electron chi connectivity index (χ2n) is 8.33. The Morgan fingerprint density at radius 1 is 0.905 bits per heavy atom. The topological polar surface area (TPSA) is 34.1 Å². The lowest BCUT2D eigenvalue weighted by Gasteiger charge is -2.52. The van der Waals surface area contributed by atoms with Crippen molar-refractivity contribution < 1.29 is 9.59 Å². The largest absolute Gasteiger partial charge is 0.300 e. The van der Waals surface area contributed by atoms with Gasteiger partial charge in [-0.25, -0.2) is 0 Å². The smallest absolute Gasteiger partial charge is 0.139 e. The molecule has 21 heavy (non-hydrogen) atoms. The lowest BCUT2D eigenvalue weighted by Crippen LogP contribution is -2.44. The molecule has 0 N–H and O–H groups in total. The summed E-state index contributed by atoms with van der Waals surface area (Å²) in [5.41, 5.74) is 3.51. The number of carbonyl (C=O) groups is 2. The van der Waals surface area contributed by atoms with Crippen LogP contribution in [0.2, 0.25) is 0 Å². The fourth-order valence-electron chi connectivity index (χ4n) is 6.03. The molecule has 0 aromatic heterocycles. The molecule has 0 aromatic rings. The minimum atomic E-state index is -0.0630. The molecule has 0 amide bonds. The molecule has 2 heteroatoms. The van der Waals surface area contributed by atoms with Crippen molar-refractivity contribution in [3.05, 3.63) is 11.1 Å². The Labute approximate surface area is 127 Å². The van der Waals surface area contributed by atoms with Crippen molar-refractivity contribution in [3.8, 4) is 0 Å². The van der Waals surface area contributed by atoms with E-state index in [2.05, 4.69) is 13.8 Å². The summed E-state index contributed by atoms with van der Waals surface area (Å²) in [6, 6.07) is 0. The molecule has 0 saturated heterocycles. The predicted molar refractivity (Wildman–Crippen MR) is 81.8 cm³/mol. The molecule has 2 saturated carbocycles. The standard InChI is InChI=1S/C19H26O2/c1-18-9-7-13(20)11-12(18)3-4-14-15-5-6-17(21)19(15,2)10-8-16(14)18/h12,15H,3-11H2,1-2H3/t12?,15-,18-,19-/m0/s1. The van der Waals surface area contributed by atoms with E-state index in [9.17, 15) is 9.59 Å². The predicted octanol–water partition coefficient (Wildman–Crippen LogP) is 4.23. The van der Waals surface area contributed by atoms with E-state index in [1.54, 1.807) is 11.1 Å². The van der Waals surface area contributed by atoms with Crippen LogP contribution in [-0.4, -0.2) is 11.6 Å². The molecule has 0 aromatic carbocycles. The van der Waals surface area contributed by atoms with Gasteiger partial charge in [-0.05, 0) is 55.8 Å². The van der Waals surface area contributed by atoms with E-state index in [-0.39, 0.29) is 10.8 Å². The fourth-order valence-corrected chi connectivity index (χ4v) is 6.03. The van der Waals surface area contributed by atoms with Gasteiger partial charge in [-0.15, -0.1) is 0 Å². The van der Waals surface area contributed by atoms with Crippen LogP contribution in [0.1, 0.15) is 71.6 Å². The maximum absolute atomic E-state index is 12.3. The maximum Gasteiger partial charge on any atom is 0.139 e. The summed E-state index contributed by atoms with van der Waals surface area (Å²) >= 11 is 0. The molecule has 114 valence electrons. The van der Waals surface area contributed by atoms with Crippen molar-refractivity contribution >= 4 is 11.6 Å². The van der Waals surface area contributed by atoms with Crippen LogP contribution in [0.4, 0.5) is 0 Å². The first-order valence-corrected chi connectivity index (χ1v) is 8.72. The quantitative estimate of drug-likeness (QED) is 0.624. The Balaban J connectivity index is 1.76. The average molecular weight is 286 g/mol. The van der Waals surface area contributed by atoms with E-state index in [1.165, 1.54) is 6.42 Å². The van der Waals surface area contributed by atoms with E-state index in [0.717, 1.165) is 51.4 Å². The summed E-state index contributed by atoms with van der Waals surface area (Å²) < 4.78 is 0. The van der Waals surface area contributed by atoms with Crippen LogP contribution in [0.15, 0.2) is 11.1 Å². The van der Waals surface area contributed by atoms with Crippen LogP contribution in [0.25, 0.3) is 0 Å². The summed E-state index contributed by atoms with van der Waals surface area (Å²) in [6.07, 6.45) is 8.95. The highest BCUT2D eigenvalue weighted by Crippen LogP contribution is 2.62. The molecule has 4 aliphatic rings. The highest BCUT2D eigenvalue weighted by atomic mass is 16.1. The zero-order valence-corrected chi connectivity index (χ0v) is 13.3. The van der Waals surface area contributed by atoms with E-state index in [4.69, 9.17) is 0 Å². The van der Waals surface area contributed by atoms with Gasteiger partial charge >= 0.3 is 0 Å². The molecule has 2 nitrogen and oxygen atoms in total. The lowest BCUT2D eigenvalue weighted by molar-refractivity contribution is -0.126. The van der Waals surface area contributed by atoms with Crippen molar-refractivity contribution in [2.75, 3.05) is 0 Å². The normalized spacial score (nSPS) is 46.2. The van der Waals surface area contributed by atoms with Crippen molar-refractivity contribution in [1.29, 1.82) is 0 Å². The van der Waals surface area contributed by atoms with E-state index < -0.39 is 0 Å². The van der Waals surface area contributed by atoms with E-state index in [0.29, 0.717) is 23.4 Å². The van der Waals surface area contributed by atoms with Crippen molar-refractivity contribution in [2.45, 2.75) is 71.6 Å². The van der Waals surface area contributed by atoms with Gasteiger partial charge in [0.25, 0.3) is 0 Å². The second-order valence-corrected chi connectivity index (χ2v) is 8.33. The first-order valence-electron chi connectivity index (χ1n) is 8.72. The summed E-state index contributed by atoms with van der Waals surface area (Å²) in [4.78, 5) is 24.2. The molecule has 0 spiro atoms. The van der Waals surface area contributed by atoms with Crippen LogP contribution < -0.4 is 0 Å². The van der Waals surface area contributed by atoms with Crippen LogP contribution >= 0.6 is 0 Å². The Hall–Kier alpha value is -0.920. The van der Waals surface area contributed by atoms with Gasteiger partial charge in [0, 0.05) is 24.7 Å². The zero-order chi connectivity index (χ0) is 14.8. The molecular weight excluding hydrogens is 260 g/mol. The zero-order valence-electron chi connectivity index (χ0n) is 13.3. The highest BCUT2D eigenvalue weighted by Gasteiger charge is 2.54. The van der Waals surface area contributed by atoms with Crippen LogP contribution in [-0.2, 0) is 9.59 Å². The van der Waals surface area contributed by atoms with Gasteiger partial charge in [-0.1, -0.05) is 25.0 Å². The van der Waals surface area contributed by atoms with Gasteiger partial charge in [-0.2, -0.15) is 0 Å². The molecule has 4 aliphatic carbocycles. The number of ketones is 2. The molecular formula is C19H26O2. The third kappa shape index (κ3) is 1.71. The van der Waals surface area contributed by atoms with Crippen LogP contribution in [0.3, 0.4) is 0 Å². The molecule has 2 fully saturated rings. The SMILES string of the molecule is C[C@]12CCC(=O)CC1CCC1=C2CC[C@]2(C)C(=O)CC[C@@H]12. The summed E-state index contributed by atoms with van der Waals surface area (Å²) in [7, 11) is 0. The van der Waals surface area contributed by atoms with Crippen molar-refractivity contribution in [2.24, 2.45) is 22.7 Å². The van der Waals surface area contributed by atoms with Gasteiger partial charge in [0.15, 0.2) is 0 Å². The number of rotatable bonds is 0. The molecule has 1 unspecified atom stereocenters. The summed E-state index contributed by atoms with van der Waals surface area (Å²) in [6.45, 7) is 4.63. The number of hydrogen-bond acceptors (Lipinski definition) is 2. The lowest BCUT2D eigenvalue weighted by atomic mass is 9.52. The first-order chi connectivity index (χ1) is 9.95. The number of carbonyl (C=O) groups excluding carboxylic acids is 2. The molecule has 0 aliphatic heterocycles. The Kier molecular flexibility index (Phi) is 2.81. The third-order valence-electron chi connectivity index (χ3n) is 7.52. The molecule has 4 atom stereocenters. The number of Topliss-reactive ketones (excluding diaryl/α,β-unsaturated/α-hetero) is 2. The summed E-state index contributed by atoms with van der Waals surface area (Å²) in [5, 5.41) is 0. The minimum Gasteiger partial charge on any atom is -0.300 e. The number of hydrogen-bond donors (Lipinski definition) is 0.